The first-order valence-electron chi connectivity index (χ1n) is 10.8. The van der Waals surface area contributed by atoms with Crippen molar-refractivity contribution in [3.05, 3.63) is 60.1 Å². The topological polar surface area (TPSA) is 112 Å². The number of amides is 1. The first-order chi connectivity index (χ1) is 16.2. The van der Waals surface area contributed by atoms with Gasteiger partial charge in [-0.3, -0.25) is 4.79 Å². The Balaban J connectivity index is 1.42. The fourth-order valence-corrected chi connectivity index (χ4v) is 3.74. The van der Waals surface area contributed by atoms with E-state index in [0.717, 1.165) is 48.6 Å². The molecule has 1 saturated heterocycles. The third-order valence-electron chi connectivity index (χ3n) is 5.47. The Morgan fingerprint density at radius 3 is 2.58 bits per heavy atom. The highest BCUT2D eigenvalue weighted by Gasteiger charge is 2.22. The molecule has 1 amide bonds. The van der Waals surface area contributed by atoms with E-state index in [1.165, 1.54) is 6.20 Å². The Labute approximate surface area is 191 Å². The summed E-state index contributed by atoms with van der Waals surface area (Å²) in [5.74, 6) is 1.41. The zero-order valence-electron chi connectivity index (χ0n) is 18.1. The molecular formula is C24H23N6O3. The summed E-state index contributed by atoms with van der Waals surface area (Å²) < 4.78 is 11.4. The van der Waals surface area contributed by atoms with Crippen LogP contribution in [0.3, 0.4) is 0 Å². The molecule has 33 heavy (non-hydrogen) atoms. The summed E-state index contributed by atoms with van der Waals surface area (Å²) in [5, 5.41) is 10.1. The number of anilines is 3. The molecule has 5 rings (SSSR count). The van der Waals surface area contributed by atoms with Crippen LogP contribution in [0.25, 0.3) is 17.3 Å². The number of carbonyl (C=O) groups is 1. The normalized spacial score (nSPS) is 15.5. The number of benzene rings is 1. The molecule has 0 bridgehead atoms. The lowest BCUT2D eigenvalue weighted by molar-refractivity contribution is 0.0256. The SMILES string of the molecule is CNc1ncc(-c2cc3c(c(Nc4ccc(OC5CCOCC5)cc4)n2)C(=O)[N]C=C3)cn1. The van der Waals surface area contributed by atoms with Gasteiger partial charge in [0.2, 0.25) is 5.95 Å². The van der Waals surface area contributed by atoms with Crippen LogP contribution in [-0.4, -0.2) is 47.2 Å². The minimum atomic E-state index is -0.338. The van der Waals surface area contributed by atoms with Crippen LogP contribution in [0.1, 0.15) is 28.8 Å². The molecule has 2 aromatic heterocycles. The first kappa shape index (κ1) is 20.9. The molecular weight excluding hydrogens is 420 g/mol. The number of carbonyl (C=O) groups excluding carboxylic acids is 1. The van der Waals surface area contributed by atoms with Crippen molar-refractivity contribution in [3.8, 4) is 17.0 Å². The third-order valence-corrected chi connectivity index (χ3v) is 5.47. The molecule has 9 heteroatoms. The van der Waals surface area contributed by atoms with Gasteiger partial charge >= 0.3 is 0 Å². The number of nitrogens with one attached hydrogen (secondary N) is 2. The van der Waals surface area contributed by atoms with Gasteiger partial charge in [-0.15, -0.1) is 0 Å². The molecule has 0 atom stereocenters. The predicted molar refractivity (Wildman–Crippen MR) is 125 cm³/mol. The van der Waals surface area contributed by atoms with Crippen molar-refractivity contribution in [2.45, 2.75) is 18.9 Å². The fourth-order valence-electron chi connectivity index (χ4n) is 3.74. The van der Waals surface area contributed by atoms with Crippen LogP contribution in [0.2, 0.25) is 0 Å². The van der Waals surface area contributed by atoms with Crippen LogP contribution in [0.15, 0.2) is 48.9 Å². The van der Waals surface area contributed by atoms with Gasteiger partial charge in [0.15, 0.2) is 0 Å². The lowest BCUT2D eigenvalue weighted by atomic mass is 10.0. The smallest absolute Gasteiger partial charge is 0.281 e. The van der Waals surface area contributed by atoms with Gasteiger partial charge in [-0.05, 0) is 42.0 Å². The minimum absolute atomic E-state index is 0.172. The summed E-state index contributed by atoms with van der Waals surface area (Å²) >= 11 is 0. The monoisotopic (exact) mass is 443 g/mol. The van der Waals surface area contributed by atoms with Gasteiger partial charge < -0.3 is 20.1 Å². The number of hydrogen-bond acceptors (Lipinski definition) is 8. The van der Waals surface area contributed by atoms with Crippen LogP contribution in [0, 0.1) is 0 Å². The quantitative estimate of drug-likeness (QED) is 0.594. The van der Waals surface area contributed by atoms with Crippen molar-refractivity contribution in [2.75, 3.05) is 30.9 Å². The van der Waals surface area contributed by atoms with Crippen molar-refractivity contribution in [3.63, 3.8) is 0 Å². The van der Waals surface area contributed by atoms with Crippen molar-refractivity contribution in [1.29, 1.82) is 0 Å². The van der Waals surface area contributed by atoms with Gasteiger partial charge in [-0.1, -0.05) is 0 Å². The molecule has 0 unspecified atom stereocenters. The van der Waals surface area contributed by atoms with E-state index in [-0.39, 0.29) is 12.0 Å². The molecule has 3 aromatic rings. The fraction of sp³-hybridized carbons (Fsp3) is 0.250. The van der Waals surface area contributed by atoms with Crippen LogP contribution < -0.4 is 20.7 Å². The Morgan fingerprint density at radius 1 is 1.09 bits per heavy atom. The highest BCUT2D eigenvalue weighted by Crippen LogP contribution is 2.31. The number of ether oxygens (including phenoxy) is 2. The number of pyridine rings is 1. The van der Waals surface area contributed by atoms with E-state index >= 15 is 0 Å². The molecule has 1 radical (unpaired) electrons. The number of fused-ring (bicyclic) bond motifs is 1. The van der Waals surface area contributed by atoms with E-state index in [1.54, 1.807) is 25.5 Å². The largest absolute Gasteiger partial charge is 0.490 e. The molecule has 9 nitrogen and oxygen atoms in total. The molecule has 2 N–H and O–H groups in total. The highest BCUT2D eigenvalue weighted by atomic mass is 16.5. The van der Waals surface area contributed by atoms with Crippen LogP contribution in [0.4, 0.5) is 17.5 Å². The Bertz CT molecular complexity index is 1170. The second kappa shape index (κ2) is 9.25. The maximum atomic E-state index is 12.5. The van der Waals surface area contributed by atoms with Crippen molar-refractivity contribution in [1.82, 2.24) is 20.3 Å². The predicted octanol–water partition coefficient (Wildman–Crippen LogP) is 3.61. The summed E-state index contributed by atoms with van der Waals surface area (Å²) in [6.07, 6.45) is 8.63. The lowest BCUT2D eigenvalue weighted by Gasteiger charge is -2.23. The Hall–Kier alpha value is -3.98. The summed E-state index contributed by atoms with van der Waals surface area (Å²) in [7, 11) is 1.76. The van der Waals surface area contributed by atoms with E-state index in [9.17, 15) is 4.79 Å². The number of nitrogens with zero attached hydrogens (tertiary/aromatic N) is 4. The molecule has 167 valence electrons. The van der Waals surface area contributed by atoms with E-state index in [0.29, 0.717) is 23.0 Å². The molecule has 2 aliphatic heterocycles. The van der Waals surface area contributed by atoms with Crippen LogP contribution in [0.5, 0.6) is 5.75 Å². The first-order valence-corrected chi connectivity index (χ1v) is 10.8. The third kappa shape index (κ3) is 4.63. The summed E-state index contributed by atoms with van der Waals surface area (Å²) in [6.45, 7) is 1.46. The molecule has 0 saturated carbocycles. The highest BCUT2D eigenvalue weighted by molar-refractivity contribution is 6.05. The van der Waals surface area contributed by atoms with Gasteiger partial charge in [-0.25, -0.2) is 20.3 Å². The molecule has 1 aromatic carbocycles. The number of aromatic nitrogens is 3. The Morgan fingerprint density at radius 2 is 1.85 bits per heavy atom. The zero-order chi connectivity index (χ0) is 22.6. The zero-order valence-corrected chi connectivity index (χ0v) is 18.1. The molecule has 1 fully saturated rings. The van der Waals surface area contributed by atoms with Gasteiger partial charge in [-0.2, -0.15) is 0 Å². The Kier molecular flexibility index (Phi) is 5.86. The number of rotatable bonds is 6. The van der Waals surface area contributed by atoms with Gasteiger partial charge in [0, 0.05) is 49.7 Å². The molecule has 0 aliphatic carbocycles. The summed E-state index contributed by atoms with van der Waals surface area (Å²) in [5.41, 5.74) is 3.34. The molecule has 0 spiro atoms. The van der Waals surface area contributed by atoms with E-state index in [1.807, 2.05) is 30.3 Å². The van der Waals surface area contributed by atoms with Crippen molar-refractivity contribution in [2.24, 2.45) is 0 Å². The van der Waals surface area contributed by atoms with E-state index in [4.69, 9.17) is 14.5 Å². The van der Waals surface area contributed by atoms with Gasteiger partial charge in [0.25, 0.3) is 5.91 Å². The van der Waals surface area contributed by atoms with E-state index < -0.39 is 0 Å². The lowest BCUT2D eigenvalue weighted by Crippen LogP contribution is -2.25. The van der Waals surface area contributed by atoms with Crippen molar-refractivity contribution >= 4 is 29.4 Å². The average Bonchev–Trinajstić information content (AvgIpc) is 2.86. The second-order valence-corrected chi connectivity index (χ2v) is 7.69. The van der Waals surface area contributed by atoms with Crippen LogP contribution in [-0.2, 0) is 4.74 Å². The standard InChI is InChI=1S/C24H23N6O3/c1-25-24-27-13-16(14-28-24)20-12-15-6-9-26-23(31)21(15)22(30-20)29-17-2-4-18(5-3-17)33-19-7-10-32-11-8-19/h2-6,9,12-14,19H,7-8,10-11H2,1H3,(H,29,30)(H,25,27,28). The molecule has 2 aliphatic rings. The summed E-state index contributed by atoms with van der Waals surface area (Å²) in [4.78, 5) is 25.8. The average molecular weight is 443 g/mol. The maximum absolute atomic E-state index is 12.5. The second-order valence-electron chi connectivity index (χ2n) is 7.69. The van der Waals surface area contributed by atoms with Gasteiger partial charge in [0.1, 0.15) is 17.7 Å². The van der Waals surface area contributed by atoms with Crippen molar-refractivity contribution < 1.29 is 14.3 Å². The minimum Gasteiger partial charge on any atom is -0.490 e. The number of hydrogen-bond donors (Lipinski definition) is 2. The van der Waals surface area contributed by atoms with E-state index in [2.05, 4.69) is 25.9 Å². The van der Waals surface area contributed by atoms with Gasteiger partial charge in [0.05, 0.1) is 24.5 Å². The summed E-state index contributed by atoms with van der Waals surface area (Å²) in [6, 6.07) is 9.46. The molecule has 4 heterocycles. The van der Waals surface area contributed by atoms with Crippen LogP contribution >= 0.6 is 0 Å². The maximum Gasteiger partial charge on any atom is 0.281 e.